The number of allylic oxidation sites excluding steroid dienone is 1. The number of amides is 1. The SMILES string of the molecule is CCCCCC/C=C(\C)C(=O)NCCC. The molecule has 1 amide bonds. The first-order valence-electron chi connectivity index (χ1n) is 6.17. The van der Waals surface area contributed by atoms with E-state index in [4.69, 9.17) is 0 Å². The molecule has 15 heavy (non-hydrogen) atoms. The van der Waals surface area contributed by atoms with E-state index in [-0.39, 0.29) is 5.91 Å². The quantitative estimate of drug-likeness (QED) is 0.483. The summed E-state index contributed by atoms with van der Waals surface area (Å²) in [5.41, 5.74) is 0.861. The van der Waals surface area contributed by atoms with Crippen LogP contribution in [0.3, 0.4) is 0 Å². The number of hydrogen-bond acceptors (Lipinski definition) is 1. The molecule has 0 atom stereocenters. The maximum atomic E-state index is 11.4. The first-order valence-corrected chi connectivity index (χ1v) is 6.17. The second-order valence-electron chi connectivity index (χ2n) is 3.99. The molecular formula is C13H25NO. The van der Waals surface area contributed by atoms with Gasteiger partial charge in [0.1, 0.15) is 0 Å². The summed E-state index contributed by atoms with van der Waals surface area (Å²) in [7, 11) is 0. The van der Waals surface area contributed by atoms with Crippen molar-refractivity contribution >= 4 is 5.91 Å². The maximum Gasteiger partial charge on any atom is 0.246 e. The molecule has 0 saturated heterocycles. The van der Waals surface area contributed by atoms with Gasteiger partial charge in [0, 0.05) is 12.1 Å². The van der Waals surface area contributed by atoms with Gasteiger partial charge in [-0.15, -0.1) is 0 Å². The van der Waals surface area contributed by atoms with Crippen molar-refractivity contribution in [3.63, 3.8) is 0 Å². The van der Waals surface area contributed by atoms with Crippen molar-refractivity contribution in [1.82, 2.24) is 5.32 Å². The lowest BCUT2D eigenvalue weighted by Gasteiger charge is -2.03. The van der Waals surface area contributed by atoms with Crippen molar-refractivity contribution < 1.29 is 4.79 Å². The molecule has 0 aliphatic heterocycles. The number of rotatable bonds is 8. The van der Waals surface area contributed by atoms with Crippen LogP contribution in [-0.4, -0.2) is 12.5 Å². The molecule has 0 radical (unpaired) electrons. The second-order valence-corrected chi connectivity index (χ2v) is 3.99. The minimum atomic E-state index is 0.0901. The number of unbranched alkanes of at least 4 members (excludes halogenated alkanes) is 4. The lowest BCUT2D eigenvalue weighted by molar-refractivity contribution is -0.117. The van der Waals surface area contributed by atoms with Crippen LogP contribution in [0.25, 0.3) is 0 Å². The highest BCUT2D eigenvalue weighted by Crippen LogP contribution is 2.05. The zero-order valence-corrected chi connectivity index (χ0v) is 10.4. The molecule has 0 aliphatic rings. The average Bonchev–Trinajstić information content (AvgIpc) is 2.25. The van der Waals surface area contributed by atoms with E-state index >= 15 is 0 Å². The van der Waals surface area contributed by atoms with Gasteiger partial charge in [-0.2, -0.15) is 0 Å². The van der Waals surface area contributed by atoms with Gasteiger partial charge in [-0.25, -0.2) is 0 Å². The smallest absolute Gasteiger partial charge is 0.246 e. The Labute approximate surface area is 94.1 Å². The summed E-state index contributed by atoms with van der Waals surface area (Å²) in [6.45, 7) is 6.94. The van der Waals surface area contributed by atoms with Crippen LogP contribution < -0.4 is 5.32 Å². The fourth-order valence-electron chi connectivity index (χ4n) is 1.36. The van der Waals surface area contributed by atoms with E-state index in [1.165, 1.54) is 25.7 Å². The van der Waals surface area contributed by atoms with E-state index < -0.39 is 0 Å². The lowest BCUT2D eigenvalue weighted by Crippen LogP contribution is -2.24. The molecule has 0 aromatic carbocycles. The zero-order valence-electron chi connectivity index (χ0n) is 10.4. The van der Waals surface area contributed by atoms with Crippen molar-refractivity contribution in [2.75, 3.05) is 6.54 Å². The zero-order chi connectivity index (χ0) is 11.5. The predicted octanol–water partition coefficient (Wildman–Crippen LogP) is 3.43. The molecule has 1 N–H and O–H groups in total. The molecule has 0 heterocycles. The van der Waals surface area contributed by atoms with Crippen molar-refractivity contribution in [2.24, 2.45) is 0 Å². The van der Waals surface area contributed by atoms with Crippen LogP contribution in [-0.2, 0) is 4.79 Å². The molecule has 0 aromatic heterocycles. The van der Waals surface area contributed by atoms with Gasteiger partial charge in [-0.3, -0.25) is 4.79 Å². The molecule has 0 saturated carbocycles. The summed E-state index contributed by atoms with van der Waals surface area (Å²) in [5, 5.41) is 2.88. The predicted molar refractivity (Wildman–Crippen MR) is 65.8 cm³/mol. The summed E-state index contributed by atoms with van der Waals surface area (Å²) >= 11 is 0. The molecule has 0 aliphatic carbocycles. The van der Waals surface area contributed by atoms with Gasteiger partial charge in [-0.1, -0.05) is 39.2 Å². The average molecular weight is 211 g/mol. The van der Waals surface area contributed by atoms with Crippen molar-refractivity contribution in [2.45, 2.75) is 59.3 Å². The van der Waals surface area contributed by atoms with Crippen molar-refractivity contribution in [3.05, 3.63) is 11.6 Å². The third-order valence-corrected chi connectivity index (χ3v) is 2.40. The molecule has 0 rings (SSSR count). The van der Waals surface area contributed by atoms with Crippen molar-refractivity contribution in [1.29, 1.82) is 0 Å². The van der Waals surface area contributed by atoms with Gasteiger partial charge >= 0.3 is 0 Å². The third-order valence-electron chi connectivity index (χ3n) is 2.40. The summed E-state index contributed by atoms with van der Waals surface area (Å²) in [5.74, 6) is 0.0901. The molecule has 0 fully saturated rings. The van der Waals surface area contributed by atoms with Gasteiger partial charge in [-0.05, 0) is 26.2 Å². The highest BCUT2D eigenvalue weighted by Gasteiger charge is 2.00. The Hall–Kier alpha value is -0.790. The molecule has 0 aromatic rings. The molecule has 0 bridgehead atoms. The molecule has 2 nitrogen and oxygen atoms in total. The number of carbonyl (C=O) groups is 1. The first kappa shape index (κ1) is 14.2. The van der Waals surface area contributed by atoms with Crippen LogP contribution in [0.15, 0.2) is 11.6 Å². The summed E-state index contributed by atoms with van der Waals surface area (Å²) in [6.07, 6.45) is 9.12. The normalized spacial score (nSPS) is 11.5. The molecule has 0 unspecified atom stereocenters. The van der Waals surface area contributed by atoms with E-state index in [1.54, 1.807) is 0 Å². The summed E-state index contributed by atoms with van der Waals surface area (Å²) < 4.78 is 0. The molecule has 0 spiro atoms. The van der Waals surface area contributed by atoms with E-state index in [1.807, 2.05) is 6.92 Å². The van der Waals surface area contributed by atoms with Gasteiger partial charge in [0.15, 0.2) is 0 Å². The van der Waals surface area contributed by atoms with Crippen molar-refractivity contribution in [3.8, 4) is 0 Å². The Morgan fingerprint density at radius 3 is 2.47 bits per heavy atom. The lowest BCUT2D eigenvalue weighted by atomic mass is 10.1. The van der Waals surface area contributed by atoms with Gasteiger partial charge in [0.05, 0.1) is 0 Å². The molecule has 2 heteroatoms. The minimum absolute atomic E-state index is 0.0901. The fourth-order valence-corrected chi connectivity index (χ4v) is 1.36. The van der Waals surface area contributed by atoms with Crippen LogP contribution in [0.2, 0.25) is 0 Å². The maximum absolute atomic E-state index is 11.4. The van der Waals surface area contributed by atoms with Crippen LogP contribution in [0.1, 0.15) is 59.3 Å². The van der Waals surface area contributed by atoms with Gasteiger partial charge in [0.25, 0.3) is 0 Å². The number of carbonyl (C=O) groups excluding carboxylic acids is 1. The third kappa shape index (κ3) is 8.22. The first-order chi connectivity index (χ1) is 7.22. The number of hydrogen-bond donors (Lipinski definition) is 1. The standard InChI is InChI=1S/C13H25NO/c1-4-6-7-8-9-10-12(3)13(15)14-11-5-2/h10H,4-9,11H2,1-3H3,(H,14,15)/b12-10+. The summed E-state index contributed by atoms with van der Waals surface area (Å²) in [4.78, 5) is 11.4. The topological polar surface area (TPSA) is 29.1 Å². The molecule has 88 valence electrons. The summed E-state index contributed by atoms with van der Waals surface area (Å²) in [6, 6.07) is 0. The van der Waals surface area contributed by atoms with Gasteiger partial charge in [0.2, 0.25) is 5.91 Å². The Balaban J connectivity index is 3.62. The van der Waals surface area contributed by atoms with Crippen LogP contribution in [0, 0.1) is 0 Å². The van der Waals surface area contributed by atoms with Crippen LogP contribution in [0.5, 0.6) is 0 Å². The Morgan fingerprint density at radius 2 is 1.87 bits per heavy atom. The molecular weight excluding hydrogens is 186 g/mol. The van der Waals surface area contributed by atoms with E-state index in [2.05, 4.69) is 25.2 Å². The fraction of sp³-hybridized carbons (Fsp3) is 0.769. The van der Waals surface area contributed by atoms with Gasteiger partial charge < -0.3 is 5.32 Å². The van der Waals surface area contributed by atoms with Crippen LogP contribution >= 0.6 is 0 Å². The van der Waals surface area contributed by atoms with E-state index in [0.29, 0.717) is 0 Å². The monoisotopic (exact) mass is 211 g/mol. The Morgan fingerprint density at radius 1 is 1.13 bits per heavy atom. The largest absolute Gasteiger partial charge is 0.352 e. The minimum Gasteiger partial charge on any atom is -0.352 e. The Kier molecular flexibility index (Phi) is 9.24. The van der Waals surface area contributed by atoms with E-state index in [9.17, 15) is 4.79 Å². The van der Waals surface area contributed by atoms with Crippen LogP contribution in [0.4, 0.5) is 0 Å². The highest BCUT2D eigenvalue weighted by molar-refractivity contribution is 5.92. The second kappa shape index (κ2) is 9.75. The highest BCUT2D eigenvalue weighted by atomic mass is 16.1. The Bertz CT molecular complexity index is 197. The number of nitrogens with one attached hydrogen (secondary N) is 1. The van der Waals surface area contributed by atoms with E-state index in [0.717, 1.165) is 25.0 Å².